The van der Waals surface area contributed by atoms with Crippen LogP contribution in [0.25, 0.3) is 5.73 Å². The maximum absolute atomic E-state index is 13.5. The van der Waals surface area contributed by atoms with Gasteiger partial charge in [-0.3, -0.25) is 19.2 Å². The van der Waals surface area contributed by atoms with Crippen LogP contribution in [0.2, 0.25) is 5.02 Å². The fraction of sp³-hybridized carbons (Fsp3) is 0.414. The highest BCUT2D eigenvalue weighted by atomic mass is 35.5. The molecule has 2 aliphatic heterocycles. The lowest BCUT2D eigenvalue weighted by Gasteiger charge is -2.25. The molecule has 238 valence electrons. The van der Waals surface area contributed by atoms with Crippen LogP contribution < -0.4 is 10.6 Å². The number of esters is 1. The van der Waals surface area contributed by atoms with Crippen LogP contribution in [0.4, 0.5) is 14.5 Å². The van der Waals surface area contributed by atoms with Crippen molar-refractivity contribution in [2.75, 3.05) is 18.5 Å². The summed E-state index contributed by atoms with van der Waals surface area (Å²) < 4.78 is 37.3. The predicted octanol–water partition coefficient (Wildman–Crippen LogP) is 3.68. The average molecular weight is 638 g/mol. The minimum Gasteiger partial charge on any atom is -0.669 e. The largest absolute Gasteiger partial charge is 0.669 e. The molecule has 0 aromatic heterocycles. The molecule has 0 radical (unpaired) electrons. The summed E-state index contributed by atoms with van der Waals surface area (Å²) >= 11 is 5.99. The van der Waals surface area contributed by atoms with Gasteiger partial charge in [0.15, 0.2) is 6.29 Å². The number of ether oxygens (including phenoxy) is 2. The average Bonchev–Trinajstić information content (AvgIpc) is 3.46. The first-order valence-corrected chi connectivity index (χ1v) is 13.9. The van der Waals surface area contributed by atoms with Crippen molar-refractivity contribution in [3.05, 3.63) is 70.4 Å². The summed E-state index contributed by atoms with van der Waals surface area (Å²) in [6.45, 7) is 2.00. The molecule has 2 aromatic rings. The zero-order valence-electron chi connectivity index (χ0n) is 23.8. The number of aliphatic carboxylic acids is 1. The van der Waals surface area contributed by atoms with Crippen LogP contribution in [0.15, 0.2) is 48.5 Å². The molecular weight excluding hydrogens is 606 g/mol. The second-order valence-electron chi connectivity index (χ2n) is 10.2. The van der Waals surface area contributed by atoms with Crippen LogP contribution in [-0.2, 0) is 35.1 Å². The van der Waals surface area contributed by atoms with Crippen molar-refractivity contribution < 1.29 is 47.3 Å². The van der Waals surface area contributed by atoms with Crippen LogP contribution in [0.5, 0.6) is 0 Å². The molecule has 0 aliphatic carbocycles. The van der Waals surface area contributed by atoms with E-state index >= 15 is 0 Å². The van der Waals surface area contributed by atoms with Gasteiger partial charge in [0.2, 0.25) is 11.8 Å². The molecular formula is C29H32ClF2N4O8-. The standard InChI is InChI=1S/C17H18ClF2N3O5.C12H14NO3/c1-8(15(26)23-7-17(19,20)6-13(23)16(27)28)21-14(25)10-3-4-12(11(18)5-10)22-9(2)24;13-10-8-11(14)16-12(10)15-7-6-9-4-2-1-3-5-9/h3-5,8,13H,6-7H2,1-2H3,(H,21,25)(H,22,24)(H,27,28);1-5,10,12-13H,6-8H2/q;-1. The van der Waals surface area contributed by atoms with Gasteiger partial charge in [0.05, 0.1) is 23.9 Å². The summed E-state index contributed by atoms with van der Waals surface area (Å²) in [6, 6.07) is 10.5. The highest BCUT2D eigenvalue weighted by Crippen LogP contribution is 2.32. The first kappa shape index (κ1) is 34.4. The molecule has 2 fully saturated rings. The number of hydrogen-bond donors (Lipinski definition) is 3. The number of hydrogen-bond acceptors (Lipinski definition) is 7. The van der Waals surface area contributed by atoms with E-state index in [0.29, 0.717) is 17.2 Å². The van der Waals surface area contributed by atoms with Gasteiger partial charge in [0.1, 0.15) is 12.1 Å². The molecule has 15 heteroatoms. The monoisotopic (exact) mass is 637 g/mol. The molecule has 4 unspecified atom stereocenters. The number of benzene rings is 2. The number of alkyl halides is 2. The number of nitrogens with one attached hydrogen (secondary N) is 3. The van der Waals surface area contributed by atoms with Crippen molar-refractivity contribution in [3.63, 3.8) is 0 Å². The number of carbonyl (C=O) groups excluding carboxylic acids is 4. The first-order chi connectivity index (χ1) is 20.7. The Morgan fingerprint density at radius 1 is 1.20 bits per heavy atom. The van der Waals surface area contributed by atoms with Gasteiger partial charge >= 0.3 is 11.9 Å². The fourth-order valence-corrected chi connectivity index (χ4v) is 4.66. The number of nitrogens with zero attached hydrogens (tertiary/aromatic N) is 1. The molecule has 0 saturated carbocycles. The molecule has 4 N–H and O–H groups in total. The molecule has 4 rings (SSSR count). The SMILES string of the molecule is CC(=O)Nc1ccc(C(=O)NC(C)C(=O)N2CC(F)(F)CC2C(=O)O)cc1Cl.[NH-]C1CC(=O)OC1OCCc1ccccc1. The predicted molar refractivity (Wildman–Crippen MR) is 154 cm³/mol. The maximum atomic E-state index is 13.5. The highest BCUT2D eigenvalue weighted by Gasteiger charge is 2.50. The van der Waals surface area contributed by atoms with Gasteiger partial charge in [0.25, 0.3) is 11.8 Å². The van der Waals surface area contributed by atoms with E-state index in [1.165, 1.54) is 37.6 Å². The zero-order chi connectivity index (χ0) is 32.6. The van der Waals surface area contributed by atoms with Crippen molar-refractivity contribution in [2.24, 2.45) is 0 Å². The topological polar surface area (TPSA) is 175 Å². The number of cyclic esters (lactones) is 1. The third-order valence-corrected chi connectivity index (χ3v) is 6.89. The number of rotatable bonds is 9. The van der Waals surface area contributed by atoms with Gasteiger partial charge in [0, 0.05) is 25.3 Å². The molecule has 2 aliphatic rings. The van der Waals surface area contributed by atoms with E-state index in [4.69, 9.17) is 31.9 Å². The minimum atomic E-state index is -3.31. The minimum absolute atomic E-state index is 0.0697. The van der Waals surface area contributed by atoms with E-state index in [0.717, 1.165) is 6.42 Å². The van der Waals surface area contributed by atoms with E-state index in [-0.39, 0.29) is 28.9 Å². The van der Waals surface area contributed by atoms with E-state index in [2.05, 4.69) is 10.6 Å². The lowest BCUT2D eigenvalue weighted by atomic mass is 10.1. The van der Waals surface area contributed by atoms with Crippen molar-refractivity contribution in [3.8, 4) is 0 Å². The van der Waals surface area contributed by atoms with Crippen molar-refractivity contribution in [1.29, 1.82) is 0 Å². The molecule has 0 bridgehead atoms. The van der Waals surface area contributed by atoms with Crippen LogP contribution >= 0.6 is 11.6 Å². The molecule has 3 amide bonds. The van der Waals surface area contributed by atoms with Gasteiger partial charge in [-0.15, -0.1) is 0 Å². The van der Waals surface area contributed by atoms with Gasteiger partial charge in [-0.2, -0.15) is 0 Å². The van der Waals surface area contributed by atoms with Crippen LogP contribution in [0.3, 0.4) is 0 Å². The summed E-state index contributed by atoms with van der Waals surface area (Å²) in [5.74, 6) is -7.19. The summed E-state index contributed by atoms with van der Waals surface area (Å²) in [5, 5.41) is 14.0. The molecule has 2 heterocycles. The summed E-state index contributed by atoms with van der Waals surface area (Å²) in [7, 11) is 0. The number of carbonyl (C=O) groups is 5. The number of carboxylic acids is 1. The number of amides is 3. The molecule has 4 atom stereocenters. The van der Waals surface area contributed by atoms with Crippen LogP contribution in [0, 0.1) is 0 Å². The molecule has 0 spiro atoms. The third kappa shape index (κ3) is 9.69. The molecule has 12 nitrogen and oxygen atoms in total. The van der Waals surface area contributed by atoms with E-state index in [1.54, 1.807) is 0 Å². The lowest BCUT2D eigenvalue weighted by Crippen LogP contribution is -2.50. The Balaban J connectivity index is 0.000000278. The van der Waals surface area contributed by atoms with E-state index < -0.39 is 61.1 Å². The highest BCUT2D eigenvalue weighted by molar-refractivity contribution is 6.34. The second kappa shape index (κ2) is 15.0. The van der Waals surface area contributed by atoms with Gasteiger partial charge in [-0.05, 0) is 37.1 Å². The maximum Gasteiger partial charge on any atom is 0.326 e. The van der Waals surface area contributed by atoms with Crippen molar-refractivity contribution >= 4 is 46.9 Å². The van der Waals surface area contributed by atoms with Crippen LogP contribution in [0.1, 0.15) is 42.6 Å². The van der Waals surface area contributed by atoms with E-state index in [1.807, 2.05) is 30.3 Å². The zero-order valence-corrected chi connectivity index (χ0v) is 24.6. The Bertz CT molecular complexity index is 1380. The number of carboxylic acid groups (broad SMARTS) is 1. The van der Waals surface area contributed by atoms with Gasteiger partial charge in [-0.25, -0.2) is 13.6 Å². The Labute approximate surface area is 256 Å². The van der Waals surface area contributed by atoms with E-state index in [9.17, 15) is 32.8 Å². The normalized spacial score (nSPS) is 21.0. The third-order valence-electron chi connectivity index (χ3n) is 6.58. The first-order valence-electron chi connectivity index (χ1n) is 13.5. The smallest absolute Gasteiger partial charge is 0.326 e. The second-order valence-corrected chi connectivity index (χ2v) is 10.6. The summed E-state index contributed by atoms with van der Waals surface area (Å²) in [4.78, 5) is 58.4. The van der Waals surface area contributed by atoms with Crippen molar-refractivity contribution in [2.45, 2.75) is 63.4 Å². The molecule has 2 saturated heterocycles. The number of halogens is 3. The summed E-state index contributed by atoms with van der Waals surface area (Å²) in [5.41, 5.74) is 9.07. The Morgan fingerprint density at radius 3 is 2.45 bits per heavy atom. The summed E-state index contributed by atoms with van der Waals surface area (Å²) in [6.07, 6.45) is -0.761. The number of likely N-dealkylation sites (tertiary alicyclic amines) is 1. The van der Waals surface area contributed by atoms with Gasteiger partial charge in [-0.1, -0.05) is 48.0 Å². The Kier molecular flexibility index (Phi) is 11.7. The Hall–Kier alpha value is -4.14. The van der Waals surface area contributed by atoms with Crippen LogP contribution in [-0.4, -0.2) is 83.2 Å². The van der Waals surface area contributed by atoms with Gasteiger partial charge < -0.3 is 35.8 Å². The lowest BCUT2D eigenvalue weighted by molar-refractivity contribution is -0.162. The number of anilines is 1. The quantitative estimate of drug-likeness (QED) is 0.349. The molecule has 2 aromatic carbocycles. The Morgan fingerprint density at radius 2 is 1.89 bits per heavy atom. The molecule has 44 heavy (non-hydrogen) atoms. The fourth-order valence-electron chi connectivity index (χ4n) is 4.43. The van der Waals surface area contributed by atoms with Crippen molar-refractivity contribution in [1.82, 2.24) is 10.2 Å².